The molecule has 128 valence electrons. The van der Waals surface area contributed by atoms with Gasteiger partial charge in [0.25, 0.3) is 0 Å². The molecule has 6 nitrogen and oxygen atoms in total. The molecule has 0 aromatic heterocycles. The topological polar surface area (TPSA) is 70.7 Å². The number of rotatable bonds is 9. The summed E-state index contributed by atoms with van der Waals surface area (Å²) in [5, 5.41) is 6.31. The highest BCUT2D eigenvalue weighted by Gasteiger charge is 2.11. The quantitative estimate of drug-likeness (QED) is 0.531. The molecule has 0 aliphatic carbocycles. The van der Waals surface area contributed by atoms with Crippen molar-refractivity contribution in [1.29, 1.82) is 0 Å². The molecule has 0 aliphatic heterocycles. The van der Waals surface area contributed by atoms with E-state index in [2.05, 4.69) is 20.3 Å². The van der Waals surface area contributed by atoms with Gasteiger partial charge in [0, 0.05) is 13.0 Å². The van der Waals surface area contributed by atoms with Crippen LogP contribution in [0.1, 0.15) is 23.2 Å². The highest BCUT2D eigenvalue weighted by atomic mass is 35.5. The molecule has 1 aromatic rings. The van der Waals surface area contributed by atoms with Gasteiger partial charge in [-0.3, -0.25) is 4.79 Å². The molecule has 0 radical (unpaired) electrons. The van der Waals surface area contributed by atoms with E-state index in [0.29, 0.717) is 29.2 Å². The summed E-state index contributed by atoms with van der Waals surface area (Å²) >= 11 is 6.03. The third kappa shape index (κ3) is 7.45. The molecule has 1 aromatic carbocycles. The molecular weight excluding hydrogens is 318 g/mol. The lowest BCUT2D eigenvalue weighted by atomic mass is 10.2. The van der Waals surface area contributed by atoms with Gasteiger partial charge in [0.05, 0.1) is 23.4 Å². The summed E-state index contributed by atoms with van der Waals surface area (Å²) in [6, 6.07) is 4.62. The fourth-order valence-corrected chi connectivity index (χ4v) is 2.09. The number of hydrogen-bond acceptors (Lipinski definition) is 5. The van der Waals surface area contributed by atoms with Crippen molar-refractivity contribution in [1.82, 2.24) is 10.2 Å². The maximum absolute atomic E-state index is 11.9. The van der Waals surface area contributed by atoms with Crippen LogP contribution >= 0.6 is 11.6 Å². The van der Waals surface area contributed by atoms with Gasteiger partial charge < -0.3 is 20.3 Å². The van der Waals surface area contributed by atoms with Crippen LogP contribution in [0.25, 0.3) is 0 Å². The van der Waals surface area contributed by atoms with Crippen LogP contribution in [0, 0.1) is 0 Å². The number of benzene rings is 1. The van der Waals surface area contributed by atoms with Gasteiger partial charge in [-0.25, -0.2) is 4.79 Å². The Morgan fingerprint density at radius 1 is 1.26 bits per heavy atom. The highest BCUT2D eigenvalue weighted by Crippen LogP contribution is 2.23. The second-order valence-corrected chi connectivity index (χ2v) is 5.80. The summed E-state index contributed by atoms with van der Waals surface area (Å²) in [7, 11) is 5.36. The van der Waals surface area contributed by atoms with Crippen LogP contribution in [-0.2, 0) is 9.53 Å². The Labute approximate surface area is 142 Å². The number of anilines is 1. The first-order chi connectivity index (χ1) is 10.9. The summed E-state index contributed by atoms with van der Waals surface area (Å²) < 4.78 is 4.65. The zero-order valence-corrected chi connectivity index (χ0v) is 14.6. The van der Waals surface area contributed by atoms with E-state index in [1.807, 2.05) is 14.1 Å². The van der Waals surface area contributed by atoms with Crippen LogP contribution in [-0.4, -0.2) is 57.6 Å². The number of nitrogens with one attached hydrogen (secondary N) is 2. The van der Waals surface area contributed by atoms with Crippen molar-refractivity contribution in [3.05, 3.63) is 28.8 Å². The van der Waals surface area contributed by atoms with Crippen molar-refractivity contribution in [2.45, 2.75) is 12.8 Å². The maximum atomic E-state index is 11.9. The van der Waals surface area contributed by atoms with Crippen LogP contribution in [0.15, 0.2) is 18.2 Å². The molecule has 7 heteroatoms. The Bertz CT molecular complexity index is 535. The molecule has 0 saturated heterocycles. The molecule has 0 spiro atoms. The van der Waals surface area contributed by atoms with Gasteiger partial charge in [0.15, 0.2) is 0 Å². The second kappa shape index (κ2) is 10.2. The SMILES string of the molecule is COC(=O)c1ccc(Cl)c(NC(=O)CCNCCCN(C)C)c1. The predicted molar refractivity (Wildman–Crippen MR) is 92.1 cm³/mol. The van der Waals surface area contributed by atoms with Crippen molar-refractivity contribution in [2.75, 3.05) is 46.2 Å². The molecule has 0 atom stereocenters. The van der Waals surface area contributed by atoms with Crippen molar-refractivity contribution in [2.24, 2.45) is 0 Å². The summed E-state index contributed by atoms with van der Waals surface area (Å²) in [4.78, 5) is 25.5. The number of carbonyl (C=O) groups excluding carboxylic acids is 2. The van der Waals surface area contributed by atoms with E-state index in [1.54, 1.807) is 12.1 Å². The number of methoxy groups -OCH3 is 1. The smallest absolute Gasteiger partial charge is 0.337 e. The fraction of sp³-hybridized carbons (Fsp3) is 0.500. The van der Waals surface area contributed by atoms with Crippen LogP contribution in [0.5, 0.6) is 0 Å². The monoisotopic (exact) mass is 341 g/mol. The van der Waals surface area contributed by atoms with Gasteiger partial charge in [0.2, 0.25) is 5.91 Å². The van der Waals surface area contributed by atoms with E-state index in [9.17, 15) is 9.59 Å². The standard InChI is InChI=1S/C16H24ClN3O3/c1-20(2)10-4-8-18-9-7-15(21)19-14-11-12(16(22)23-3)5-6-13(14)17/h5-6,11,18H,4,7-10H2,1-3H3,(H,19,21). The van der Waals surface area contributed by atoms with E-state index < -0.39 is 5.97 Å². The molecule has 0 bridgehead atoms. The number of esters is 1. The Hall–Kier alpha value is -1.63. The van der Waals surface area contributed by atoms with Gasteiger partial charge in [-0.1, -0.05) is 11.6 Å². The molecule has 0 saturated carbocycles. The van der Waals surface area contributed by atoms with Gasteiger partial charge in [-0.2, -0.15) is 0 Å². The zero-order valence-electron chi connectivity index (χ0n) is 13.8. The third-order valence-corrected chi connectivity index (χ3v) is 3.48. The number of halogens is 1. The maximum Gasteiger partial charge on any atom is 0.337 e. The summed E-state index contributed by atoms with van der Waals surface area (Å²) in [6.45, 7) is 2.47. The first-order valence-electron chi connectivity index (χ1n) is 7.47. The van der Waals surface area contributed by atoms with Gasteiger partial charge in [-0.15, -0.1) is 0 Å². The average molecular weight is 342 g/mol. The lowest BCUT2D eigenvalue weighted by molar-refractivity contribution is -0.116. The Balaban J connectivity index is 2.40. The Morgan fingerprint density at radius 3 is 2.65 bits per heavy atom. The van der Waals surface area contributed by atoms with Crippen LogP contribution < -0.4 is 10.6 Å². The summed E-state index contributed by atoms with van der Waals surface area (Å²) in [5.41, 5.74) is 0.751. The minimum absolute atomic E-state index is 0.158. The van der Waals surface area contributed by atoms with E-state index >= 15 is 0 Å². The van der Waals surface area contributed by atoms with Gasteiger partial charge in [-0.05, 0) is 51.8 Å². The first-order valence-corrected chi connectivity index (χ1v) is 7.85. The van der Waals surface area contributed by atoms with Crippen LogP contribution in [0.2, 0.25) is 5.02 Å². The predicted octanol–water partition coefficient (Wildman–Crippen LogP) is 2.00. The number of nitrogens with zero attached hydrogens (tertiary/aromatic N) is 1. The molecule has 0 fully saturated rings. The number of hydrogen-bond donors (Lipinski definition) is 2. The molecule has 1 amide bonds. The zero-order chi connectivity index (χ0) is 17.2. The van der Waals surface area contributed by atoms with E-state index in [-0.39, 0.29) is 5.91 Å². The third-order valence-electron chi connectivity index (χ3n) is 3.15. The van der Waals surface area contributed by atoms with Crippen molar-refractivity contribution >= 4 is 29.2 Å². The van der Waals surface area contributed by atoms with Gasteiger partial charge >= 0.3 is 5.97 Å². The minimum atomic E-state index is -0.472. The molecule has 0 unspecified atom stereocenters. The fourth-order valence-electron chi connectivity index (χ4n) is 1.93. The van der Waals surface area contributed by atoms with Crippen molar-refractivity contribution in [3.63, 3.8) is 0 Å². The molecular formula is C16H24ClN3O3. The molecule has 2 N–H and O–H groups in total. The molecule has 1 rings (SSSR count). The molecule has 0 heterocycles. The molecule has 23 heavy (non-hydrogen) atoms. The second-order valence-electron chi connectivity index (χ2n) is 5.39. The molecule has 0 aliphatic rings. The van der Waals surface area contributed by atoms with Gasteiger partial charge in [0.1, 0.15) is 0 Å². The lowest BCUT2D eigenvalue weighted by Crippen LogP contribution is -2.25. The van der Waals surface area contributed by atoms with Crippen molar-refractivity contribution in [3.8, 4) is 0 Å². The lowest BCUT2D eigenvalue weighted by Gasteiger charge is -2.11. The summed E-state index contributed by atoms with van der Waals surface area (Å²) in [5.74, 6) is -0.631. The first kappa shape index (κ1) is 19.4. The number of amides is 1. The minimum Gasteiger partial charge on any atom is -0.465 e. The normalized spacial score (nSPS) is 10.7. The van der Waals surface area contributed by atoms with Crippen molar-refractivity contribution < 1.29 is 14.3 Å². The average Bonchev–Trinajstić information content (AvgIpc) is 2.51. The Morgan fingerprint density at radius 2 is 2.00 bits per heavy atom. The van der Waals surface area contributed by atoms with Crippen LogP contribution in [0.4, 0.5) is 5.69 Å². The van der Waals surface area contributed by atoms with Crippen LogP contribution in [0.3, 0.4) is 0 Å². The number of carbonyl (C=O) groups is 2. The number of ether oxygens (including phenoxy) is 1. The Kier molecular flexibility index (Phi) is 8.61. The highest BCUT2D eigenvalue weighted by molar-refractivity contribution is 6.33. The van der Waals surface area contributed by atoms with E-state index in [4.69, 9.17) is 11.6 Å². The van der Waals surface area contributed by atoms with E-state index in [0.717, 1.165) is 19.5 Å². The van der Waals surface area contributed by atoms with E-state index in [1.165, 1.54) is 13.2 Å². The summed E-state index contributed by atoms with van der Waals surface area (Å²) in [6.07, 6.45) is 1.36. The largest absolute Gasteiger partial charge is 0.465 e.